The summed E-state index contributed by atoms with van der Waals surface area (Å²) in [5.74, 6) is -0.552. The fourth-order valence-corrected chi connectivity index (χ4v) is 1.28. The van der Waals surface area contributed by atoms with Crippen molar-refractivity contribution in [1.29, 1.82) is 0 Å². The maximum atomic E-state index is 12.0. The second-order valence-corrected chi connectivity index (χ2v) is 3.40. The third-order valence-corrected chi connectivity index (χ3v) is 2.03. The number of rotatable bonds is 3. The molecule has 0 unspecified atom stereocenters. The molecule has 0 aromatic heterocycles. The molecule has 0 spiro atoms. The van der Waals surface area contributed by atoms with E-state index in [0.29, 0.717) is 4.90 Å². The molecule has 1 aliphatic heterocycles. The average molecular weight is 206 g/mol. The predicted molar refractivity (Wildman–Crippen MR) is 45.0 cm³/mol. The molecule has 14 heavy (non-hydrogen) atoms. The first kappa shape index (κ1) is 10.9. The molecule has 0 aliphatic carbocycles. The summed E-state index contributed by atoms with van der Waals surface area (Å²) in [6, 6.07) is -0.764. The van der Waals surface area contributed by atoms with Gasteiger partial charge in [0.1, 0.15) is 6.54 Å². The van der Waals surface area contributed by atoms with Crippen molar-refractivity contribution in [3.8, 4) is 0 Å². The zero-order valence-electron chi connectivity index (χ0n) is 8.04. The number of hydrogen-bond donors (Lipinski definition) is 0. The first-order chi connectivity index (χ1) is 6.43. The molecule has 6 heteroatoms. The second-order valence-electron chi connectivity index (χ2n) is 3.40. The molecule has 0 N–H and O–H groups in total. The summed E-state index contributed by atoms with van der Waals surface area (Å²) in [6.45, 7) is 2.57. The number of alkyl halides is 2. The molecule has 1 saturated heterocycles. The van der Waals surface area contributed by atoms with Crippen LogP contribution in [0.2, 0.25) is 0 Å². The molecule has 4 nitrogen and oxygen atoms in total. The SMILES string of the molecule is CC(C)N1CC(=O)N(CC(F)F)C1=O. The molecule has 1 fully saturated rings. The van der Waals surface area contributed by atoms with E-state index in [1.807, 2.05) is 0 Å². The van der Waals surface area contributed by atoms with Crippen molar-refractivity contribution in [3.05, 3.63) is 0 Å². The highest BCUT2D eigenvalue weighted by Crippen LogP contribution is 2.14. The van der Waals surface area contributed by atoms with Crippen LogP contribution in [0.4, 0.5) is 13.6 Å². The lowest BCUT2D eigenvalue weighted by atomic mass is 10.3. The van der Waals surface area contributed by atoms with Crippen LogP contribution in [0.1, 0.15) is 13.8 Å². The van der Waals surface area contributed by atoms with Gasteiger partial charge in [-0.15, -0.1) is 0 Å². The Morgan fingerprint density at radius 3 is 2.29 bits per heavy atom. The van der Waals surface area contributed by atoms with E-state index in [1.165, 1.54) is 4.90 Å². The molecule has 0 aromatic carbocycles. The highest BCUT2D eigenvalue weighted by Gasteiger charge is 2.38. The Kier molecular flexibility index (Phi) is 3.03. The van der Waals surface area contributed by atoms with E-state index >= 15 is 0 Å². The number of amides is 3. The van der Waals surface area contributed by atoms with E-state index in [4.69, 9.17) is 0 Å². The van der Waals surface area contributed by atoms with Crippen molar-refractivity contribution in [1.82, 2.24) is 9.80 Å². The lowest BCUT2D eigenvalue weighted by Gasteiger charge is -2.19. The zero-order valence-corrected chi connectivity index (χ0v) is 8.04. The Hall–Kier alpha value is -1.20. The summed E-state index contributed by atoms with van der Waals surface area (Å²) >= 11 is 0. The minimum atomic E-state index is -2.67. The molecule has 0 radical (unpaired) electrons. The molecule has 80 valence electrons. The molecular formula is C8H12F2N2O2. The van der Waals surface area contributed by atoms with E-state index < -0.39 is 24.9 Å². The molecule has 1 aliphatic rings. The minimum Gasteiger partial charge on any atom is -0.313 e. The topological polar surface area (TPSA) is 40.6 Å². The average Bonchev–Trinajstić information content (AvgIpc) is 2.31. The molecule has 0 bridgehead atoms. The van der Waals surface area contributed by atoms with Gasteiger partial charge in [0.25, 0.3) is 12.3 Å². The molecule has 3 amide bonds. The van der Waals surface area contributed by atoms with Gasteiger partial charge in [-0.2, -0.15) is 0 Å². The summed E-state index contributed by atoms with van der Waals surface area (Å²) in [6.07, 6.45) is -2.67. The summed E-state index contributed by atoms with van der Waals surface area (Å²) in [5.41, 5.74) is 0. The molecular weight excluding hydrogens is 194 g/mol. The van der Waals surface area contributed by atoms with Crippen molar-refractivity contribution < 1.29 is 18.4 Å². The third-order valence-electron chi connectivity index (χ3n) is 2.03. The van der Waals surface area contributed by atoms with E-state index in [9.17, 15) is 18.4 Å². The maximum Gasteiger partial charge on any atom is 0.327 e. The number of carbonyl (C=O) groups excluding carboxylic acids is 2. The van der Waals surface area contributed by atoms with Crippen molar-refractivity contribution in [2.24, 2.45) is 0 Å². The number of carbonyl (C=O) groups is 2. The second kappa shape index (κ2) is 3.89. The number of hydrogen-bond acceptors (Lipinski definition) is 2. The van der Waals surface area contributed by atoms with Crippen molar-refractivity contribution >= 4 is 11.9 Å². The fourth-order valence-electron chi connectivity index (χ4n) is 1.28. The number of halogens is 2. The molecule has 0 atom stereocenters. The van der Waals surface area contributed by atoms with E-state index in [2.05, 4.69) is 0 Å². The predicted octanol–water partition coefficient (Wildman–Crippen LogP) is 0.924. The Balaban J connectivity index is 2.70. The molecule has 1 rings (SSSR count). The summed E-state index contributed by atoms with van der Waals surface area (Å²) < 4.78 is 24.0. The van der Waals surface area contributed by atoms with Gasteiger partial charge in [-0.1, -0.05) is 0 Å². The van der Waals surface area contributed by atoms with Crippen LogP contribution in [0, 0.1) is 0 Å². The molecule has 1 heterocycles. The first-order valence-corrected chi connectivity index (χ1v) is 4.32. The third kappa shape index (κ3) is 2.00. The van der Waals surface area contributed by atoms with Crippen molar-refractivity contribution in [2.75, 3.05) is 13.1 Å². The first-order valence-electron chi connectivity index (χ1n) is 4.32. The van der Waals surface area contributed by atoms with Crippen LogP contribution in [0.5, 0.6) is 0 Å². The van der Waals surface area contributed by atoms with Gasteiger partial charge >= 0.3 is 6.03 Å². The highest BCUT2D eigenvalue weighted by molar-refractivity contribution is 6.02. The molecule has 0 saturated carbocycles. The van der Waals surface area contributed by atoms with Gasteiger partial charge in [-0.05, 0) is 13.8 Å². The van der Waals surface area contributed by atoms with Crippen LogP contribution in [-0.2, 0) is 4.79 Å². The maximum absolute atomic E-state index is 12.0. The van der Waals surface area contributed by atoms with Crippen LogP contribution in [-0.4, -0.2) is 47.3 Å². The van der Waals surface area contributed by atoms with Crippen molar-refractivity contribution in [2.45, 2.75) is 26.3 Å². The van der Waals surface area contributed by atoms with Gasteiger partial charge in [-0.3, -0.25) is 9.69 Å². The fraction of sp³-hybridized carbons (Fsp3) is 0.750. The van der Waals surface area contributed by atoms with E-state index in [-0.39, 0.29) is 12.6 Å². The zero-order chi connectivity index (χ0) is 10.9. The number of imide groups is 1. The quantitative estimate of drug-likeness (QED) is 0.644. The summed E-state index contributed by atoms with van der Waals surface area (Å²) in [7, 11) is 0. The largest absolute Gasteiger partial charge is 0.327 e. The standard InChI is InChI=1S/C8H12F2N2O2/c1-5(2)11-4-7(13)12(8(11)14)3-6(9)10/h5-6H,3-4H2,1-2H3. The smallest absolute Gasteiger partial charge is 0.313 e. The Morgan fingerprint density at radius 1 is 1.36 bits per heavy atom. The number of urea groups is 1. The van der Waals surface area contributed by atoms with Gasteiger partial charge in [0.2, 0.25) is 0 Å². The van der Waals surface area contributed by atoms with Crippen LogP contribution in [0.3, 0.4) is 0 Å². The lowest BCUT2D eigenvalue weighted by molar-refractivity contribution is -0.126. The number of nitrogens with zero attached hydrogens (tertiary/aromatic N) is 2. The van der Waals surface area contributed by atoms with Crippen LogP contribution >= 0.6 is 0 Å². The van der Waals surface area contributed by atoms with E-state index in [1.54, 1.807) is 13.8 Å². The van der Waals surface area contributed by atoms with Gasteiger partial charge in [0, 0.05) is 6.04 Å². The lowest BCUT2D eigenvalue weighted by Crippen LogP contribution is -2.38. The minimum absolute atomic E-state index is 0.0940. The highest BCUT2D eigenvalue weighted by atomic mass is 19.3. The van der Waals surface area contributed by atoms with Gasteiger partial charge in [0.15, 0.2) is 0 Å². The van der Waals surface area contributed by atoms with Crippen LogP contribution < -0.4 is 0 Å². The van der Waals surface area contributed by atoms with Crippen LogP contribution in [0.25, 0.3) is 0 Å². The van der Waals surface area contributed by atoms with Gasteiger partial charge in [0.05, 0.1) is 6.54 Å². The Labute approximate surface area is 80.5 Å². The van der Waals surface area contributed by atoms with Crippen molar-refractivity contribution in [3.63, 3.8) is 0 Å². The normalized spacial score (nSPS) is 17.9. The Bertz CT molecular complexity index is 256. The monoisotopic (exact) mass is 206 g/mol. The summed E-state index contributed by atoms with van der Waals surface area (Å²) in [5, 5.41) is 0. The Morgan fingerprint density at radius 2 is 1.93 bits per heavy atom. The van der Waals surface area contributed by atoms with Gasteiger partial charge in [-0.25, -0.2) is 13.6 Å². The molecule has 0 aromatic rings. The van der Waals surface area contributed by atoms with Gasteiger partial charge < -0.3 is 4.90 Å². The van der Waals surface area contributed by atoms with Crippen LogP contribution in [0.15, 0.2) is 0 Å². The summed E-state index contributed by atoms with van der Waals surface area (Å²) in [4.78, 5) is 24.4. The van der Waals surface area contributed by atoms with E-state index in [0.717, 1.165) is 0 Å².